The third-order valence-electron chi connectivity index (χ3n) is 1.97. The summed E-state index contributed by atoms with van der Waals surface area (Å²) in [5, 5.41) is 0. The second-order valence-corrected chi connectivity index (χ2v) is 3.87. The zero-order chi connectivity index (χ0) is 12.0. The Morgan fingerprint density at radius 1 is 1.31 bits per heavy atom. The van der Waals surface area contributed by atoms with Crippen molar-refractivity contribution in [2.75, 3.05) is 6.61 Å². The molecule has 1 rings (SSSR count). The van der Waals surface area contributed by atoms with Gasteiger partial charge in [0, 0.05) is 6.07 Å². The maximum absolute atomic E-state index is 13.1. The Bertz CT molecular complexity index is 371. The van der Waals surface area contributed by atoms with Crippen molar-refractivity contribution in [3.8, 4) is 5.75 Å². The summed E-state index contributed by atoms with van der Waals surface area (Å²) in [6, 6.07) is 3.12. The van der Waals surface area contributed by atoms with Crippen molar-refractivity contribution >= 4 is 17.2 Å². The number of ether oxygens (including phenoxy) is 1. The van der Waals surface area contributed by atoms with Crippen molar-refractivity contribution < 1.29 is 13.5 Å². The Morgan fingerprint density at radius 2 is 2.06 bits per heavy atom. The first-order valence-corrected chi connectivity index (χ1v) is 5.36. The topological polar surface area (TPSA) is 35.2 Å². The van der Waals surface area contributed by atoms with Gasteiger partial charge in [0.05, 0.1) is 11.6 Å². The van der Waals surface area contributed by atoms with Gasteiger partial charge in [0.1, 0.15) is 5.82 Å². The van der Waals surface area contributed by atoms with E-state index in [2.05, 4.69) is 0 Å². The van der Waals surface area contributed by atoms with Crippen LogP contribution in [0.3, 0.4) is 0 Å². The lowest BCUT2D eigenvalue weighted by atomic mass is 10.2. The highest BCUT2D eigenvalue weighted by molar-refractivity contribution is 7.80. The molecule has 5 heteroatoms. The van der Waals surface area contributed by atoms with E-state index in [0.29, 0.717) is 24.4 Å². The molecule has 2 nitrogen and oxygen atoms in total. The van der Waals surface area contributed by atoms with Gasteiger partial charge in [-0.1, -0.05) is 12.2 Å². The second-order valence-electron chi connectivity index (χ2n) is 3.35. The largest absolute Gasteiger partial charge is 0.490 e. The van der Waals surface area contributed by atoms with Crippen molar-refractivity contribution in [1.82, 2.24) is 0 Å². The highest BCUT2D eigenvalue weighted by Gasteiger charge is 2.04. The Kier molecular flexibility index (Phi) is 5.11. The first-order valence-electron chi connectivity index (χ1n) is 4.96. The third-order valence-corrected chi connectivity index (χ3v) is 2.17. The minimum Gasteiger partial charge on any atom is -0.490 e. The number of unbranched alkanes of at least 4 members (excludes halogenated alkanes) is 1. The molecule has 0 fully saturated rings. The van der Waals surface area contributed by atoms with Crippen LogP contribution in [-0.4, -0.2) is 11.6 Å². The summed E-state index contributed by atoms with van der Waals surface area (Å²) in [7, 11) is 0. The normalized spacial score (nSPS) is 10.1. The Balaban J connectivity index is 2.31. The van der Waals surface area contributed by atoms with Gasteiger partial charge in [0.2, 0.25) is 0 Å². The van der Waals surface area contributed by atoms with E-state index in [9.17, 15) is 8.78 Å². The molecule has 16 heavy (non-hydrogen) atoms. The number of hydrogen-bond donors (Lipinski definition) is 1. The van der Waals surface area contributed by atoms with Crippen LogP contribution in [0, 0.1) is 11.6 Å². The van der Waals surface area contributed by atoms with Gasteiger partial charge in [-0.25, -0.2) is 8.78 Å². The van der Waals surface area contributed by atoms with Crippen molar-refractivity contribution in [2.24, 2.45) is 5.73 Å². The highest BCUT2D eigenvalue weighted by Crippen LogP contribution is 2.18. The molecule has 0 radical (unpaired) electrons. The summed E-state index contributed by atoms with van der Waals surface area (Å²) in [4.78, 5) is 0.455. The van der Waals surface area contributed by atoms with Gasteiger partial charge in [-0.05, 0) is 31.4 Å². The fourth-order valence-electron chi connectivity index (χ4n) is 1.17. The zero-order valence-electron chi connectivity index (χ0n) is 8.71. The van der Waals surface area contributed by atoms with Gasteiger partial charge in [0.15, 0.2) is 11.6 Å². The predicted molar refractivity (Wildman–Crippen MR) is 62.5 cm³/mol. The van der Waals surface area contributed by atoms with Crippen LogP contribution in [0.4, 0.5) is 8.78 Å². The van der Waals surface area contributed by atoms with Crippen LogP contribution in [-0.2, 0) is 0 Å². The number of hydrogen-bond acceptors (Lipinski definition) is 2. The van der Waals surface area contributed by atoms with Crippen molar-refractivity contribution in [2.45, 2.75) is 19.3 Å². The first-order chi connectivity index (χ1) is 7.59. The SMILES string of the molecule is NC(=S)CCCCOc1cc(F)ccc1F. The predicted octanol–water partition coefficient (Wildman–Crippen LogP) is 2.80. The van der Waals surface area contributed by atoms with E-state index < -0.39 is 11.6 Å². The molecule has 1 aromatic rings. The summed E-state index contributed by atoms with van der Waals surface area (Å²) in [5.74, 6) is -1.13. The van der Waals surface area contributed by atoms with Crippen LogP contribution in [0.5, 0.6) is 5.75 Å². The van der Waals surface area contributed by atoms with Crippen molar-refractivity contribution in [1.29, 1.82) is 0 Å². The lowest BCUT2D eigenvalue weighted by Gasteiger charge is -2.06. The minimum absolute atomic E-state index is 0.0599. The second kappa shape index (κ2) is 6.37. The molecule has 0 unspecified atom stereocenters. The quantitative estimate of drug-likeness (QED) is 0.618. The molecule has 0 aliphatic rings. The molecule has 0 bridgehead atoms. The van der Waals surface area contributed by atoms with E-state index in [1.54, 1.807) is 0 Å². The molecule has 0 amide bonds. The summed E-state index contributed by atoms with van der Waals surface area (Å²) in [5.41, 5.74) is 5.31. The Hall–Kier alpha value is -1.23. The Labute approximate surface area is 98.4 Å². The molecule has 0 aromatic heterocycles. The van der Waals surface area contributed by atoms with E-state index in [-0.39, 0.29) is 5.75 Å². The van der Waals surface area contributed by atoms with E-state index >= 15 is 0 Å². The van der Waals surface area contributed by atoms with Crippen LogP contribution in [0.1, 0.15) is 19.3 Å². The van der Waals surface area contributed by atoms with E-state index in [4.69, 9.17) is 22.7 Å². The molecule has 0 saturated carbocycles. The van der Waals surface area contributed by atoms with Crippen molar-refractivity contribution in [3.63, 3.8) is 0 Å². The molecule has 0 spiro atoms. The number of thiocarbonyl (C=S) groups is 1. The maximum Gasteiger partial charge on any atom is 0.165 e. The highest BCUT2D eigenvalue weighted by atomic mass is 32.1. The molecule has 1 aromatic carbocycles. The zero-order valence-corrected chi connectivity index (χ0v) is 9.53. The molecule has 0 heterocycles. The number of benzene rings is 1. The van der Waals surface area contributed by atoms with Crippen LogP contribution < -0.4 is 10.5 Å². The molecule has 88 valence electrons. The van der Waals surface area contributed by atoms with Crippen molar-refractivity contribution in [3.05, 3.63) is 29.8 Å². The fraction of sp³-hybridized carbons (Fsp3) is 0.364. The maximum atomic E-state index is 13.1. The van der Waals surface area contributed by atoms with Gasteiger partial charge in [-0.15, -0.1) is 0 Å². The monoisotopic (exact) mass is 245 g/mol. The molecule has 2 N–H and O–H groups in total. The van der Waals surface area contributed by atoms with Gasteiger partial charge >= 0.3 is 0 Å². The van der Waals surface area contributed by atoms with Gasteiger partial charge in [0.25, 0.3) is 0 Å². The third kappa shape index (κ3) is 4.53. The summed E-state index contributed by atoms with van der Waals surface area (Å²) in [6.07, 6.45) is 2.13. The smallest absolute Gasteiger partial charge is 0.165 e. The van der Waals surface area contributed by atoms with Gasteiger partial charge in [-0.2, -0.15) is 0 Å². The summed E-state index contributed by atoms with van der Waals surface area (Å²) in [6.45, 7) is 0.322. The standard InChI is InChI=1S/C11H13F2NOS/c12-8-4-5-9(13)10(7-8)15-6-2-1-3-11(14)16/h4-5,7H,1-3,6H2,(H2,14,16). The van der Waals surface area contributed by atoms with E-state index in [1.807, 2.05) is 0 Å². The van der Waals surface area contributed by atoms with Crippen LogP contribution in [0.25, 0.3) is 0 Å². The Morgan fingerprint density at radius 3 is 2.75 bits per heavy atom. The summed E-state index contributed by atoms with van der Waals surface area (Å²) >= 11 is 4.70. The molecule has 0 aliphatic carbocycles. The lowest BCUT2D eigenvalue weighted by Crippen LogP contribution is -2.08. The average Bonchev–Trinajstić information content (AvgIpc) is 2.22. The molecule has 0 aliphatic heterocycles. The number of nitrogens with two attached hydrogens (primary N) is 1. The minimum atomic E-state index is -0.559. The fourth-order valence-corrected chi connectivity index (χ4v) is 1.32. The first kappa shape index (κ1) is 12.8. The molecule has 0 atom stereocenters. The van der Waals surface area contributed by atoms with Gasteiger partial charge < -0.3 is 10.5 Å². The average molecular weight is 245 g/mol. The number of rotatable bonds is 6. The lowest BCUT2D eigenvalue weighted by molar-refractivity contribution is 0.291. The molecular formula is C11H13F2NOS. The van der Waals surface area contributed by atoms with Crippen LogP contribution >= 0.6 is 12.2 Å². The number of halogens is 2. The van der Waals surface area contributed by atoms with Gasteiger partial charge in [-0.3, -0.25) is 0 Å². The summed E-state index contributed by atoms with van der Waals surface area (Å²) < 4.78 is 30.9. The van der Waals surface area contributed by atoms with Crippen LogP contribution in [0.15, 0.2) is 18.2 Å². The molecular weight excluding hydrogens is 232 g/mol. The van der Waals surface area contributed by atoms with E-state index in [1.165, 1.54) is 0 Å². The molecule has 0 saturated heterocycles. The van der Waals surface area contributed by atoms with Crippen LogP contribution in [0.2, 0.25) is 0 Å². The van der Waals surface area contributed by atoms with E-state index in [0.717, 1.165) is 24.6 Å².